The van der Waals surface area contributed by atoms with Gasteiger partial charge in [0.05, 0.1) is 34.6 Å². The molecular weight excluding hydrogens is 324 g/mol. The molecule has 0 unspecified atom stereocenters. The Labute approximate surface area is 145 Å². The van der Waals surface area contributed by atoms with E-state index in [0.29, 0.717) is 11.6 Å². The van der Waals surface area contributed by atoms with Crippen LogP contribution in [0, 0.1) is 0 Å². The van der Waals surface area contributed by atoms with Gasteiger partial charge in [-0.1, -0.05) is 35.9 Å². The van der Waals surface area contributed by atoms with Crippen LogP contribution in [0.15, 0.2) is 54.9 Å². The number of benzene rings is 2. The minimum absolute atomic E-state index is 0.0505. The van der Waals surface area contributed by atoms with E-state index in [0.717, 1.165) is 29.7 Å². The van der Waals surface area contributed by atoms with E-state index in [1.807, 2.05) is 42.7 Å². The third-order valence-electron chi connectivity index (χ3n) is 3.74. The van der Waals surface area contributed by atoms with Gasteiger partial charge in [-0.3, -0.25) is 4.79 Å². The van der Waals surface area contributed by atoms with Crippen LogP contribution in [0.2, 0.25) is 5.02 Å². The predicted octanol–water partition coefficient (Wildman–Crippen LogP) is 3.31. The minimum Gasteiger partial charge on any atom is -0.375 e. The van der Waals surface area contributed by atoms with Crippen molar-refractivity contribution < 1.29 is 4.79 Å². The average Bonchev–Trinajstić information content (AvgIpc) is 3.01. The molecule has 124 valence electrons. The molecule has 6 heteroatoms. The molecule has 0 radical (unpaired) electrons. The lowest BCUT2D eigenvalue weighted by molar-refractivity contribution is -0.119. The van der Waals surface area contributed by atoms with Gasteiger partial charge in [0.1, 0.15) is 0 Å². The highest BCUT2D eigenvalue weighted by Gasteiger charge is 2.04. The van der Waals surface area contributed by atoms with Gasteiger partial charge in [0, 0.05) is 13.1 Å². The maximum absolute atomic E-state index is 11.9. The third kappa shape index (κ3) is 4.06. The first-order valence-electron chi connectivity index (χ1n) is 7.89. The number of imidazole rings is 1. The molecule has 0 aliphatic heterocycles. The van der Waals surface area contributed by atoms with Crippen LogP contribution in [0.4, 0.5) is 5.69 Å². The normalized spacial score (nSPS) is 10.7. The number of para-hydroxylation sites is 3. The van der Waals surface area contributed by atoms with Crippen molar-refractivity contribution in [1.82, 2.24) is 14.9 Å². The van der Waals surface area contributed by atoms with Crippen LogP contribution < -0.4 is 10.6 Å². The molecule has 0 aliphatic rings. The van der Waals surface area contributed by atoms with Crippen LogP contribution in [0.3, 0.4) is 0 Å². The number of carbonyl (C=O) groups is 1. The fourth-order valence-electron chi connectivity index (χ4n) is 2.51. The molecule has 0 fully saturated rings. The summed E-state index contributed by atoms with van der Waals surface area (Å²) in [5.74, 6) is -0.0505. The Hall–Kier alpha value is -2.53. The molecule has 0 saturated carbocycles. The highest BCUT2D eigenvalue weighted by atomic mass is 35.5. The summed E-state index contributed by atoms with van der Waals surface area (Å²) in [7, 11) is 0. The van der Waals surface area contributed by atoms with Crippen LogP contribution in [0.1, 0.15) is 6.42 Å². The lowest BCUT2D eigenvalue weighted by atomic mass is 10.3. The molecule has 3 rings (SSSR count). The van der Waals surface area contributed by atoms with Gasteiger partial charge < -0.3 is 15.2 Å². The van der Waals surface area contributed by atoms with Crippen molar-refractivity contribution in [2.24, 2.45) is 0 Å². The first-order chi connectivity index (χ1) is 11.7. The summed E-state index contributed by atoms with van der Waals surface area (Å²) in [5, 5.41) is 6.55. The van der Waals surface area contributed by atoms with E-state index in [1.54, 1.807) is 6.07 Å². The van der Waals surface area contributed by atoms with E-state index in [-0.39, 0.29) is 12.5 Å². The van der Waals surface area contributed by atoms with Crippen molar-refractivity contribution in [3.05, 3.63) is 59.9 Å². The molecule has 1 heterocycles. The maximum Gasteiger partial charge on any atom is 0.239 e. The summed E-state index contributed by atoms with van der Waals surface area (Å²) in [6, 6.07) is 15.4. The number of hydrogen-bond acceptors (Lipinski definition) is 3. The summed E-state index contributed by atoms with van der Waals surface area (Å²) in [5.41, 5.74) is 2.87. The largest absolute Gasteiger partial charge is 0.375 e. The van der Waals surface area contributed by atoms with Crippen LogP contribution >= 0.6 is 11.6 Å². The van der Waals surface area contributed by atoms with Crippen molar-refractivity contribution in [1.29, 1.82) is 0 Å². The third-order valence-corrected chi connectivity index (χ3v) is 4.07. The van der Waals surface area contributed by atoms with Crippen molar-refractivity contribution in [3.8, 4) is 0 Å². The number of halogens is 1. The maximum atomic E-state index is 11.9. The van der Waals surface area contributed by atoms with Crippen molar-refractivity contribution in [2.75, 3.05) is 18.4 Å². The molecule has 0 aliphatic carbocycles. The van der Waals surface area contributed by atoms with Gasteiger partial charge in [-0.25, -0.2) is 4.98 Å². The number of nitrogens with one attached hydrogen (secondary N) is 2. The van der Waals surface area contributed by atoms with E-state index in [1.165, 1.54) is 0 Å². The molecule has 24 heavy (non-hydrogen) atoms. The van der Waals surface area contributed by atoms with Crippen LogP contribution in [0.5, 0.6) is 0 Å². The fraction of sp³-hybridized carbons (Fsp3) is 0.222. The Bertz CT molecular complexity index is 831. The molecule has 0 bridgehead atoms. The van der Waals surface area contributed by atoms with Gasteiger partial charge in [0.15, 0.2) is 0 Å². The number of anilines is 1. The van der Waals surface area contributed by atoms with E-state index in [9.17, 15) is 4.79 Å². The van der Waals surface area contributed by atoms with Crippen molar-refractivity contribution in [2.45, 2.75) is 13.0 Å². The van der Waals surface area contributed by atoms with Gasteiger partial charge in [0.25, 0.3) is 0 Å². The van der Waals surface area contributed by atoms with E-state index < -0.39 is 0 Å². The smallest absolute Gasteiger partial charge is 0.239 e. The van der Waals surface area contributed by atoms with Gasteiger partial charge >= 0.3 is 0 Å². The number of aryl methyl sites for hydroxylation is 1. The Kier molecular flexibility index (Phi) is 5.33. The summed E-state index contributed by atoms with van der Waals surface area (Å²) in [6.45, 7) is 1.64. The van der Waals surface area contributed by atoms with E-state index in [2.05, 4.69) is 26.3 Å². The Morgan fingerprint density at radius 2 is 1.92 bits per heavy atom. The lowest BCUT2D eigenvalue weighted by Crippen LogP contribution is -2.31. The Morgan fingerprint density at radius 1 is 1.12 bits per heavy atom. The van der Waals surface area contributed by atoms with Gasteiger partial charge in [-0.15, -0.1) is 0 Å². The molecule has 0 spiro atoms. The number of aromatic nitrogens is 2. The molecule has 1 aromatic heterocycles. The van der Waals surface area contributed by atoms with Gasteiger partial charge in [-0.05, 0) is 30.7 Å². The molecule has 5 nitrogen and oxygen atoms in total. The summed E-state index contributed by atoms with van der Waals surface area (Å²) in [6.07, 6.45) is 2.68. The van der Waals surface area contributed by atoms with Gasteiger partial charge in [-0.2, -0.15) is 0 Å². The fourth-order valence-corrected chi connectivity index (χ4v) is 2.71. The zero-order valence-corrected chi connectivity index (χ0v) is 14.0. The Balaban J connectivity index is 1.40. The topological polar surface area (TPSA) is 59.0 Å². The van der Waals surface area contributed by atoms with Crippen molar-refractivity contribution >= 4 is 34.2 Å². The van der Waals surface area contributed by atoms with Crippen LogP contribution in [0.25, 0.3) is 11.0 Å². The summed E-state index contributed by atoms with van der Waals surface area (Å²) in [4.78, 5) is 16.2. The number of fused-ring (bicyclic) bond motifs is 1. The number of rotatable bonds is 7. The standard InChI is InChI=1S/C18H19ClN4O/c19-14-6-1-2-7-15(14)21-12-18(24)20-10-5-11-23-13-22-16-8-3-4-9-17(16)23/h1-4,6-9,13,21H,5,10-12H2,(H,20,24). The van der Waals surface area contributed by atoms with Crippen LogP contribution in [-0.4, -0.2) is 28.5 Å². The predicted molar refractivity (Wildman–Crippen MR) is 97.3 cm³/mol. The molecule has 0 saturated heterocycles. The minimum atomic E-state index is -0.0505. The number of nitrogens with zero attached hydrogens (tertiary/aromatic N) is 2. The highest BCUT2D eigenvalue weighted by molar-refractivity contribution is 6.33. The monoisotopic (exact) mass is 342 g/mol. The summed E-state index contributed by atoms with van der Waals surface area (Å²) < 4.78 is 2.10. The van der Waals surface area contributed by atoms with E-state index >= 15 is 0 Å². The zero-order valence-electron chi connectivity index (χ0n) is 13.2. The van der Waals surface area contributed by atoms with E-state index in [4.69, 9.17) is 11.6 Å². The number of amides is 1. The molecule has 3 aromatic rings. The first kappa shape index (κ1) is 16.3. The second-order valence-corrected chi connectivity index (χ2v) is 5.87. The first-order valence-corrected chi connectivity index (χ1v) is 8.27. The second kappa shape index (κ2) is 7.84. The van der Waals surface area contributed by atoms with Gasteiger partial charge in [0.2, 0.25) is 5.91 Å². The number of hydrogen-bond donors (Lipinski definition) is 2. The molecule has 0 atom stereocenters. The quantitative estimate of drug-likeness (QED) is 0.648. The Morgan fingerprint density at radius 3 is 2.79 bits per heavy atom. The molecule has 1 amide bonds. The van der Waals surface area contributed by atoms with Crippen LogP contribution in [-0.2, 0) is 11.3 Å². The molecule has 2 aromatic carbocycles. The molecular formula is C18H19ClN4O. The lowest BCUT2D eigenvalue weighted by Gasteiger charge is -2.09. The molecule has 2 N–H and O–H groups in total. The second-order valence-electron chi connectivity index (χ2n) is 5.46. The number of carbonyl (C=O) groups excluding carboxylic acids is 1. The zero-order chi connectivity index (χ0) is 16.8. The average molecular weight is 343 g/mol. The van der Waals surface area contributed by atoms with Crippen molar-refractivity contribution in [3.63, 3.8) is 0 Å². The highest BCUT2D eigenvalue weighted by Crippen LogP contribution is 2.19. The SMILES string of the molecule is O=C(CNc1ccccc1Cl)NCCCn1cnc2ccccc21. The summed E-state index contributed by atoms with van der Waals surface area (Å²) >= 11 is 6.04.